The number of nitrogens with two attached hydrogens (primary N) is 1. The highest BCUT2D eigenvalue weighted by molar-refractivity contribution is 6.23. The Balaban J connectivity index is 1.95. The van der Waals surface area contributed by atoms with E-state index in [-0.39, 0.29) is 34.3 Å². The lowest BCUT2D eigenvalue weighted by Crippen LogP contribution is -2.25. The van der Waals surface area contributed by atoms with E-state index >= 15 is 0 Å². The van der Waals surface area contributed by atoms with Gasteiger partial charge in [0.2, 0.25) is 0 Å². The summed E-state index contributed by atoms with van der Waals surface area (Å²) in [4.78, 5) is 17.4. The van der Waals surface area contributed by atoms with E-state index in [9.17, 15) is 15.0 Å². The first-order valence-electron chi connectivity index (χ1n) is 10.7. The largest absolute Gasteiger partial charge is 0.507 e. The fourth-order valence-corrected chi connectivity index (χ4v) is 4.10. The van der Waals surface area contributed by atoms with Crippen LogP contribution < -0.4 is 27.2 Å². The van der Waals surface area contributed by atoms with Gasteiger partial charge in [-0.2, -0.15) is 0 Å². The van der Waals surface area contributed by atoms with E-state index in [2.05, 4.69) is 20.7 Å². The summed E-state index contributed by atoms with van der Waals surface area (Å²) in [5, 5.41) is 42.3. The molecule has 0 fully saturated rings. The molecular weight excluding hydrogens is 412 g/mol. The van der Waals surface area contributed by atoms with E-state index in [1.54, 1.807) is 0 Å². The zero-order chi connectivity index (χ0) is 22.7. The Labute approximate surface area is 183 Å². The van der Waals surface area contributed by atoms with E-state index in [1.807, 2.05) is 16.8 Å². The molecule has 8 N–H and O–H groups in total. The molecule has 4 rings (SSSR count). The van der Waals surface area contributed by atoms with Gasteiger partial charge in [-0.05, 0) is 24.3 Å². The lowest BCUT2D eigenvalue weighted by molar-refractivity contribution is 0.291. The Morgan fingerprint density at radius 1 is 0.969 bits per heavy atom. The van der Waals surface area contributed by atoms with Gasteiger partial charge in [0.1, 0.15) is 11.5 Å². The summed E-state index contributed by atoms with van der Waals surface area (Å²) < 4.78 is 1.89. The van der Waals surface area contributed by atoms with Crippen molar-refractivity contribution < 1.29 is 15.3 Å². The predicted octanol–water partition coefficient (Wildman–Crippen LogP) is -0.484. The van der Waals surface area contributed by atoms with E-state index in [4.69, 9.17) is 10.8 Å². The van der Waals surface area contributed by atoms with Gasteiger partial charge in [0.25, 0.3) is 0 Å². The number of aromatic amines is 1. The number of hydrogen-bond donors (Lipinski definition) is 7. The number of aromatic hydroxyl groups is 2. The molecule has 0 unspecified atom stereocenters. The van der Waals surface area contributed by atoms with Gasteiger partial charge in [-0.3, -0.25) is 19.6 Å². The van der Waals surface area contributed by atoms with Crippen LogP contribution in [0.25, 0.3) is 32.6 Å². The second-order valence-electron chi connectivity index (χ2n) is 7.57. The van der Waals surface area contributed by atoms with Gasteiger partial charge < -0.3 is 31.7 Å². The molecule has 1 aromatic heterocycles. The van der Waals surface area contributed by atoms with E-state index in [0.717, 1.165) is 5.52 Å². The molecule has 0 aliphatic heterocycles. The number of rotatable bonds is 10. The first-order valence-corrected chi connectivity index (χ1v) is 10.7. The number of fused-ring (bicyclic) bond motifs is 2. The van der Waals surface area contributed by atoms with E-state index < -0.39 is 0 Å². The average Bonchev–Trinajstić information content (AvgIpc) is 3.15. The normalized spacial score (nSPS) is 12.6. The molecule has 0 spiro atoms. The Hall–Kier alpha value is -3.18. The second-order valence-corrected chi connectivity index (χ2v) is 7.57. The summed E-state index contributed by atoms with van der Waals surface area (Å²) in [6.45, 7) is 4.04. The summed E-state index contributed by atoms with van der Waals surface area (Å²) in [6, 6.07) is 6.33. The number of aromatic nitrogens is 2. The standard InChI is InChI=1S/C22H28N6O4/c23-5-6-24-7-8-26-13-1-2-14-18-17(13)22(32)20-16(31)4-3-15(30)19(20)21(18)27-28(14)11-9-25-10-12-29/h1-4,24-25,27,29,31-32H,5-12,23H2. The van der Waals surface area contributed by atoms with Crippen molar-refractivity contribution in [1.29, 1.82) is 0 Å². The van der Waals surface area contributed by atoms with Gasteiger partial charge in [-0.15, -0.1) is 0 Å². The molecule has 0 aliphatic carbocycles. The zero-order valence-electron chi connectivity index (χ0n) is 17.7. The Morgan fingerprint density at radius 2 is 1.78 bits per heavy atom. The van der Waals surface area contributed by atoms with Crippen LogP contribution in [0.5, 0.6) is 11.5 Å². The van der Waals surface area contributed by atoms with Gasteiger partial charge in [0.15, 0.2) is 5.43 Å². The maximum atomic E-state index is 12.7. The minimum Gasteiger partial charge on any atom is -0.507 e. The first kappa shape index (κ1) is 22.0. The second kappa shape index (κ2) is 9.53. The van der Waals surface area contributed by atoms with Crippen molar-refractivity contribution in [2.45, 2.75) is 6.54 Å². The molecule has 170 valence electrons. The number of phenols is 2. The lowest BCUT2D eigenvalue weighted by Gasteiger charge is -2.09. The van der Waals surface area contributed by atoms with Crippen LogP contribution in [0.3, 0.4) is 0 Å². The molecule has 0 bridgehead atoms. The van der Waals surface area contributed by atoms with Crippen LogP contribution in [-0.2, 0) is 6.54 Å². The highest BCUT2D eigenvalue weighted by Crippen LogP contribution is 2.41. The highest BCUT2D eigenvalue weighted by atomic mass is 16.3. The van der Waals surface area contributed by atoms with Crippen molar-refractivity contribution in [3.8, 4) is 11.5 Å². The number of nitrogens with zero attached hydrogens (tertiary/aromatic N) is 2. The number of phenolic OH excluding ortho intramolecular Hbond substituents is 2. The molecule has 4 aromatic rings. The molecule has 10 nitrogen and oxygen atoms in total. The number of nitrogens with one attached hydrogen (secondary N) is 3. The molecule has 0 amide bonds. The van der Waals surface area contributed by atoms with Crippen LogP contribution in [0.1, 0.15) is 0 Å². The van der Waals surface area contributed by atoms with Crippen LogP contribution in [0.4, 0.5) is 0 Å². The van der Waals surface area contributed by atoms with Crippen LogP contribution in [0.2, 0.25) is 0 Å². The summed E-state index contributed by atoms with van der Waals surface area (Å²) in [5.74, 6) is -0.326. The number of aliphatic hydroxyl groups excluding tert-OH is 1. The Morgan fingerprint density at radius 3 is 2.56 bits per heavy atom. The Kier molecular flexibility index (Phi) is 6.56. The minimum absolute atomic E-state index is 0.0472. The monoisotopic (exact) mass is 440 g/mol. The fourth-order valence-electron chi connectivity index (χ4n) is 4.10. The van der Waals surface area contributed by atoms with Crippen molar-refractivity contribution in [3.63, 3.8) is 0 Å². The van der Waals surface area contributed by atoms with Crippen molar-refractivity contribution in [1.82, 2.24) is 20.4 Å². The van der Waals surface area contributed by atoms with E-state index in [1.165, 1.54) is 12.1 Å². The molecule has 32 heavy (non-hydrogen) atoms. The molecular formula is C22H28N6O4. The van der Waals surface area contributed by atoms with Gasteiger partial charge in [-0.25, -0.2) is 0 Å². The maximum absolute atomic E-state index is 12.7. The summed E-state index contributed by atoms with van der Waals surface area (Å²) in [6.07, 6.45) is 0. The molecule has 0 atom stereocenters. The minimum atomic E-state index is -0.294. The van der Waals surface area contributed by atoms with Crippen molar-refractivity contribution in [3.05, 3.63) is 39.8 Å². The van der Waals surface area contributed by atoms with E-state index in [0.29, 0.717) is 67.5 Å². The van der Waals surface area contributed by atoms with Crippen molar-refractivity contribution in [2.24, 2.45) is 10.7 Å². The average molecular weight is 441 g/mol. The van der Waals surface area contributed by atoms with Crippen LogP contribution >= 0.6 is 0 Å². The summed E-state index contributed by atoms with van der Waals surface area (Å²) in [7, 11) is 0. The van der Waals surface area contributed by atoms with Gasteiger partial charge in [0.05, 0.1) is 52.2 Å². The molecule has 3 aromatic carbocycles. The molecule has 0 radical (unpaired) electrons. The first-order chi connectivity index (χ1) is 15.6. The molecule has 10 heteroatoms. The molecule has 0 saturated carbocycles. The SMILES string of the molecule is NCCNCCN=c1ccc2c3c1c(O)c1c(O)ccc(=O)c1c3[nH]n2CCNCCO. The maximum Gasteiger partial charge on any atom is 0.189 e. The third-order valence-corrected chi connectivity index (χ3v) is 5.51. The van der Waals surface area contributed by atoms with Gasteiger partial charge >= 0.3 is 0 Å². The number of benzene rings is 3. The number of H-pyrrole nitrogens is 1. The summed E-state index contributed by atoms with van der Waals surface area (Å²) >= 11 is 0. The van der Waals surface area contributed by atoms with Crippen LogP contribution in [0, 0.1) is 0 Å². The Bertz CT molecular complexity index is 1360. The molecule has 0 aliphatic rings. The van der Waals surface area contributed by atoms with Gasteiger partial charge in [-0.1, -0.05) is 0 Å². The smallest absolute Gasteiger partial charge is 0.189 e. The third kappa shape index (κ3) is 3.89. The predicted molar refractivity (Wildman–Crippen MR) is 124 cm³/mol. The molecule has 1 heterocycles. The zero-order valence-corrected chi connectivity index (χ0v) is 17.7. The van der Waals surface area contributed by atoms with Crippen molar-refractivity contribution in [2.75, 3.05) is 45.9 Å². The fraction of sp³-hybridized carbons (Fsp3) is 0.364. The quantitative estimate of drug-likeness (QED) is 0.129. The number of hydrogen-bond acceptors (Lipinski definition) is 8. The van der Waals surface area contributed by atoms with Gasteiger partial charge in [0, 0.05) is 38.1 Å². The van der Waals surface area contributed by atoms with Crippen LogP contribution in [-0.4, -0.2) is 71.0 Å². The van der Waals surface area contributed by atoms with Crippen molar-refractivity contribution >= 4 is 32.6 Å². The summed E-state index contributed by atoms with van der Waals surface area (Å²) in [5.41, 5.74) is 6.55. The van der Waals surface area contributed by atoms with Crippen LogP contribution in [0.15, 0.2) is 34.1 Å². The lowest BCUT2D eigenvalue weighted by atomic mass is 9.99. The molecule has 0 saturated heterocycles. The highest BCUT2D eigenvalue weighted by Gasteiger charge is 2.21. The third-order valence-electron chi connectivity index (χ3n) is 5.51. The number of aliphatic hydroxyl groups is 1. The topological polar surface area (TPSA) is 161 Å².